The van der Waals surface area contributed by atoms with Crippen LogP contribution in [0, 0.1) is 6.92 Å². The van der Waals surface area contributed by atoms with E-state index in [9.17, 15) is 8.42 Å². The highest BCUT2D eigenvalue weighted by Gasteiger charge is 2.37. The number of sulfonamides is 1. The second-order valence-electron chi connectivity index (χ2n) is 6.23. The highest BCUT2D eigenvalue weighted by molar-refractivity contribution is 7.89. The molecule has 6 nitrogen and oxygen atoms in total. The van der Waals surface area contributed by atoms with Crippen LogP contribution < -0.4 is 14.8 Å². The molecule has 0 saturated carbocycles. The van der Waals surface area contributed by atoms with Gasteiger partial charge in [-0.3, -0.25) is 0 Å². The van der Waals surface area contributed by atoms with Crippen molar-refractivity contribution in [2.24, 2.45) is 0 Å². The molecule has 7 heteroatoms. The van der Waals surface area contributed by atoms with Gasteiger partial charge in [0.25, 0.3) is 0 Å². The number of nitrogens with zero attached hydrogens (tertiary/aromatic N) is 1. The Balaban J connectivity index is 2.09. The Morgan fingerprint density at radius 1 is 1.08 bits per heavy atom. The molecule has 0 spiro atoms. The smallest absolute Gasteiger partial charge is 0.247 e. The lowest BCUT2D eigenvalue weighted by Crippen LogP contribution is -2.48. The molecule has 0 aromatic heterocycles. The van der Waals surface area contributed by atoms with Crippen LogP contribution in [0.3, 0.4) is 0 Å². The molecule has 2 aromatic carbocycles. The molecule has 1 aliphatic heterocycles. The molecule has 1 heterocycles. The van der Waals surface area contributed by atoms with E-state index in [2.05, 4.69) is 5.32 Å². The number of para-hydroxylation sites is 1. The minimum Gasteiger partial charge on any atom is -0.496 e. The van der Waals surface area contributed by atoms with E-state index in [0.29, 0.717) is 31.1 Å². The molecule has 1 fully saturated rings. The second-order valence-corrected chi connectivity index (χ2v) is 8.09. The third-order valence-corrected chi connectivity index (χ3v) is 6.53. The van der Waals surface area contributed by atoms with Crippen molar-refractivity contribution < 1.29 is 17.9 Å². The maximum absolute atomic E-state index is 13.5. The topological polar surface area (TPSA) is 67.9 Å². The van der Waals surface area contributed by atoms with E-state index in [4.69, 9.17) is 9.47 Å². The largest absolute Gasteiger partial charge is 0.496 e. The van der Waals surface area contributed by atoms with Crippen LogP contribution in [0.2, 0.25) is 0 Å². The molecule has 1 N–H and O–H groups in total. The molecule has 0 amide bonds. The van der Waals surface area contributed by atoms with Gasteiger partial charge >= 0.3 is 0 Å². The molecule has 1 unspecified atom stereocenters. The quantitative estimate of drug-likeness (QED) is 0.868. The van der Waals surface area contributed by atoms with Gasteiger partial charge in [-0.15, -0.1) is 0 Å². The Hall–Kier alpha value is -2.09. The molecular formula is C19H24N2O4S. The van der Waals surface area contributed by atoms with Gasteiger partial charge in [0.1, 0.15) is 16.4 Å². The summed E-state index contributed by atoms with van der Waals surface area (Å²) in [5.41, 5.74) is 1.71. The average Bonchev–Trinajstić information content (AvgIpc) is 2.68. The van der Waals surface area contributed by atoms with Crippen LogP contribution in [0.5, 0.6) is 11.5 Å². The van der Waals surface area contributed by atoms with E-state index in [-0.39, 0.29) is 10.9 Å². The number of benzene rings is 2. The summed E-state index contributed by atoms with van der Waals surface area (Å²) in [6, 6.07) is 12.4. The van der Waals surface area contributed by atoms with Crippen molar-refractivity contribution in [1.82, 2.24) is 9.62 Å². The first-order chi connectivity index (χ1) is 12.5. The number of hydrogen-bond acceptors (Lipinski definition) is 5. The van der Waals surface area contributed by atoms with E-state index in [1.54, 1.807) is 23.5 Å². The predicted octanol–water partition coefficient (Wildman–Crippen LogP) is 2.35. The van der Waals surface area contributed by atoms with Gasteiger partial charge in [0, 0.05) is 25.2 Å². The van der Waals surface area contributed by atoms with Crippen molar-refractivity contribution in [3.8, 4) is 11.5 Å². The molecule has 26 heavy (non-hydrogen) atoms. The number of methoxy groups -OCH3 is 2. The summed E-state index contributed by atoms with van der Waals surface area (Å²) in [5.74, 6) is 1.03. The Labute approximate surface area is 154 Å². The number of aryl methyl sites for hydroxylation is 1. The lowest BCUT2D eigenvalue weighted by atomic mass is 10.0. The number of ether oxygens (including phenoxy) is 2. The molecule has 2 aromatic rings. The van der Waals surface area contributed by atoms with Gasteiger partial charge < -0.3 is 14.8 Å². The molecule has 1 atom stereocenters. The van der Waals surface area contributed by atoms with Crippen LogP contribution in [0.4, 0.5) is 0 Å². The summed E-state index contributed by atoms with van der Waals surface area (Å²) in [7, 11) is -0.657. The molecule has 1 saturated heterocycles. The Bertz CT molecular complexity index is 883. The van der Waals surface area contributed by atoms with E-state index in [1.165, 1.54) is 7.11 Å². The lowest BCUT2D eigenvalue weighted by Gasteiger charge is -2.36. The van der Waals surface area contributed by atoms with Gasteiger partial charge in [-0.25, -0.2) is 8.42 Å². The fourth-order valence-electron chi connectivity index (χ4n) is 3.29. The van der Waals surface area contributed by atoms with E-state index in [1.807, 2.05) is 37.3 Å². The number of rotatable bonds is 5. The Morgan fingerprint density at radius 2 is 1.81 bits per heavy atom. The first-order valence-electron chi connectivity index (χ1n) is 8.49. The van der Waals surface area contributed by atoms with Gasteiger partial charge in [0.2, 0.25) is 10.0 Å². The molecule has 0 radical (unpaired) electrons. The van der Waals surface area contributed by atoms with Gasteiger partial charge in [-0.05, 0) is 30.7 Å². The van der Waals surface area contributed by atoms with Crippen molar-refractivity contribution in [3.05, 3.63) is 53.6 Å². The molecule has 1 aliphatic rings. The zero-order valence-electron chi connectivity index (χ0n) is 15.2. The van der Waals surface area contributed by atoms with E-state index in [0.717, 1.165) is 11.1 Å². The summed E-state index contributed by atoms with van der Waals surface area (Å²) in [5, 5.41) is 3.29. The minimum absolute atomic E-state index is 0.196. The Morgan fingerprint density at radius 3 is 2.54 bits per heavy atom. The van der Waals surface area contributed by atoms with Crippen molar-refractivity contribution in [3.63, 3.8) is 0 Å². The van der Waals surface area contributed by atoms with Crippen molar-refractivity contribution in [1.29, 1.82) is 0 Å². The second kappa shape index (κ2) is 7.65. The fraction of sp³-hybridized carbons (Fsp3) is 0.368. The van der Waals surface area contributed by atoms with E-state index >= 15 is 0 Å². The lowest BCUT2D eigenvalue weighted by molar-refractivity contribution is 0.263. The zero-order chi connectivity index (χ0) is 18.7. The Kier molecular flexibility index (Phi) is 5.50. The summed E-state index contributed by atoms with van der Waals surface area (Å²) in [6.45, 7) is 3.36. The normalized spacial score (nSPS) is 18.5. The highest BCUT2D eigenvalue weighted by atomic mass is 32.2. The summed E-state index contributed by atoms with van der Waals surface area (Å²) in [4.78, 5) is 0.196. The summed E-state index contributed by atoms with van der Waals surface area (Å²) in [6.07, 6.45) is 0. The number of piperazine rings is 1. The third kappa shape index (κ3) is 3.42. The average molecular weight is 376 g/mol. The predicted molar refractivity (Wildman–Crippen MR) is 100 cm³/mol. The van der Waals surface area contributed by atoms with Gasteiger partial charge in [0.05, 0.1) is 20.3 Å². The zero-order valence-corrected chi connectivity index (χ0v) is 16.0. The van der Waals surface area contributed by atoms with Crippen LogP contribution in [-0.4, -0.2) is 46.6 Å². The van der Waals surface area contributed by atoms with E-state index < -0.39 is 10.0 Å². The molecule has 0 aliphatic carbocycles. The van der Waals surface area contributed by atoms with Crippen LogP contribution >= 0.6 is 0 Å². The first-order valence-corrected chi connectivity index (χ1v) is 9.93. The van der Waals surface area contributed by atoms with Crippen LogP contribution in [-0.2, 0) is 10.0 Å². The first kappa shape index (κ1) is 18.7. The van der Waals surface area contributed by atoms with Gasteiger partial charge in [-0.2, -0.15) is 4.31 Å². The minimum atomic E-state index is -3.74. The fourth-order valence-corrected chi connectivity index (χ4v) is 5.14. The molecule has 140 valence electrons. The maximum Gasteiger partial charge on any atom is 0.247 e. The highest BCUT2D eigenvalue weighted by Crippen LogP contribution is 2.36. The molecule has 0 bridgehead atoms. The van der Waals surface area contributed by atoms with Crippen molar-refractivity contribution >= 4 is 10.0 Å². The van der Waals surface area contributed by atoms with Gasteiger partial charge in [-0.1, -0.05) is 24.3 Å². The van der Waals surface area contributed by atoms with Gasteiger partial charge in [0.15, 0.2) is 0 Å². The monoisotopic (exact) mass is 376 g/mol. The molecule has 3 rings (SSSR count). The summed E-state index contributed by atoms with van der Waals surface area (Å²) < 4.78 is 39.3. The third-order valence-electron chi connectivity index (χ3n) is 4.60. The van der Waals surface area contributed by atoms with Crippen LogP contribution in [0.1, 0.15) is 17.2 Å². The summed E-state index contributed by atoms with van der Waals surface area (Å²) >= 11 is 0. The van der Waals surface area contributed by atoms with Crippen LogP contribution in [0.15, 0.2) is 47.4 Å². The number of nitrogens with one attached hydrogen (secondary N) is 1. The molecular weight excluding hydrogens is 352 g/mol. The van der Waals surface area contributed by atoms with Crippen LogP contribution in [0.25, 0.3) is 0 Å². The SMILES string of the molecule is COc1ccccc1C1CNCCN1S(=O)(=O)c1cc(C)ccc1OC. The maximum atomic E-state index is 13.5. The van der Waals surface area contributed by atoms with Crippen molar-refractivity contribution in [2.45, 2.75) is 17.9 Å². The van der Waals surface area contributed by atoms with Crippen molar-refractivity contribution in [2.75, 3.05) is 33.9 Å². The number of hydrogen-bond donors (Lipinski definition) is 1. The standard InChI is InChI=1S/C19H24N2O4S/c1-14-8-9-18(25-3)19(12-14)26(22,23)21-11-10-20-13-16(21)15-6-4-5-7-17(15)24-2/h4-9,12,16,20H,10-11,13H2,1-3H3.